The van der Waals surface area contributed by atoms with Crippen LogP contribution in [0.4, 0.5) is 0 Å². The topological polar surface area (TPSA) is 98.4 Å². The van der Waals surface area contributed by atoms with Crippen LogP contribution in [-0.4, -0.2) is 32.2 Å². The van der Waals surface area contributed by atoms with E-state index in [-0.39, 0.29) is 30.4 Å². The summed E-state index contributed by atoms with van der Waals surface area (Å²) in [4.78, 5) is 29.8. The predicted molar refractivity (Wildman–Crippen MR) is 122 cm³/mol. The highest BCUT2D eigenvalue weighted by atomic mass is 35.5. The third-order valence-electron chi connectivity index (χ3n) is 5.17. The Kier molecular flexibility index (Phi) is 5.87. The van der Waals surface area contributed by atoms with Crippen LogP contribution >= 0.6 is 11.6 Å². The summed E-state index contributed by atoms with van der Waals surface area (Å²) in [7, 11) is 3.19. The number of halogens is 1. The summed E-state index contributed by atoms with van der Waals surface area (Å²) < 4.78 is 8.05. The maximum atomic E-state index is 12.8. The molecule has 2 aromatic heterocycles. The minimum Gasteiger partial charge on any atom is -0.508 e. The summed E-state index contributed by atoms with van der Waals surface area (Å²) in [6.07, 6.45) is 1.58. The van der Waals surface area contributed by atoms with Crippen molar-refractivity contribution in [3.63, 3.8) is 0 Å². The van der Waals surface area contributed by atoms with Gasteiger partial charge in [-0.15, -0.1) is 0 Å². The molecule has 32 heavy (non-hydrogen) atoms. The first-order valence-electron chi connectivity index (χ1n) is 9.81. The molecule has 0 atom stereocenters. The van der Waals surface area contributed by atoms with Crippen molar-refractivity contribution < 1.29 is 14.6 Å². The van der Waals surface area contributed by atoms with E-state index >= 15 is 0 Å². The molecule has 0 saturated carbocycles. The lowest BCUT2D eigenvalue weighted by Crippen LogP contribution is -2.32. The highest BCUT2D eigenvalue weighted by molar-refractivity contribution is 6.31. The number of nitrogens with zero attached hydrogens (tertiary/aromatic N) is 3. The minimum atomic E-state index is -0.356. The first-order chi connectivity index (χ1) is 15.4. The van der Waals surface area contributed by atoms with Crippen LogP contribution in [0.5, 0.6) is 11.5 Å². The van der Waals surface area contributed by atoms with Crippen LogP contribution in [0.1, 0.15) is 5.56 Å². The van der Waals surface area contributed by atoms with Gasteiger partial charge in [0.25, 0.3) is 0 Å². The second-order valence-electron chi connectivity index (χ2n) is 7.28. The van der Waals surface area contributed by atoms with Gasteiger partial charge in [0.15, 0.2) is 5.65 Å². The van der Waals surface area contributed by atoms with E-state index in [0.29, 0.717) is 33.1 Å². The summed E-state index contributed by atoms with van der Waals surface area (Å²) in [5.74, 6) is 0.387. The molecule has 0 aliphatic rings. The van der Waals surface area contributed by atoms with Crippen molar-refractivity contribution in [3.8, 4) is 22.6 Å². The van der Waals surface area contributed by atoms with Gasteiger partial charge in [-0.25, -0.2) is 9.78 Å². The SMILES string of the molecule is COc1ccccc1CNC(=O)Cn1c(=O)n(C)c2cc(-c3cc(O)cc(Cl)c3)cnc21. The van der Waals surface area contributed by atoms with Gasteiger partial charge in [0, 0.05) is 35.9 Å². The fourth-order valence-corrected chi connectivity index (χ4v) is 3.79. The van der Waals surface area contributed by atoms with Gasteiger partial charge in [-0.1, -0.05) is 29.8 Å². The van der Waals surface area contributed by atoms with E-state index in [1.807, 2.05) is 24.3 Å². The number of hydrogen-bond donors (Lipinski definition) is 2. The molecule has 0 fully saturated rings. The molecule has 1 amide bonds. The molecule has 0 bridgehead atoms. The molecule has 9 heteroatoms. The number of aromatic nitrogens is 3. The van der Waals surface area contributed by atoms with Gasteiger partial charge in [0.05, 0.1) is 12.6 Å². The van der Waals surface area contributed by atoms with Crippen LogP contribution in [-0.2, 0) is 24.9 Å². The first kappa shape index (κ1) is 21.5. The fourth-order valence-electron chi connectivity index (χ4n) is 3.56. The molecule has 0 spiro atoms. The average Bonchev–Trinajstić information content (AvgIpc) is 3.01. The maximum Gasteiger partial charge on any atom is 0.330 e. The summed E-state index contributed by atoms with van der Waals surface area (Å²) >= 11 is 6.04. The highest BCUT2D eigenvalue weighted by Crippen LogP contribution is 2.29. The molecule has 8 nitrogen and oxygen atoms in total. The molecule has 164 valence electrons. The zero-order chi connectivity index (χ0) is 22.8. The molecule has 4 rings (SSSR count). The molecule has 4 aromatic rings. The number of amides is 1. The molecule has 2 heterocycles. The lowest BCUT2D eigenvalue weighted by Gasteiger charge is -2.10. The smallest absolute Gasteiger partial charge is 0.330 e. The third-order valence-corrected chi connectivity index (χ3v) is 5.39. The van der Waals surface area contributed by atoms with Crippen molar-refractivity contribution in [2.45, 2.75) is 13.1 Å². The van der Waals surface area contributed by atoms with Crippen LogP contribution in [0.2, 0.25) is 5.02 Å². The Labute approximate surface area is 188 Å². The van der Waals surface area contributed by atoms with Crippen molar-refractivity contribution in [1.82, 2.24) is 19.4 Å². The van der Waals surface area contributed by atoms with Crippen LogP contribution in [0.15, 0.2) is 59.5 Å². The highest BCUT2D eigenvalue weighted by Gasteiger charge is 2.16. The van der Waals surface area contributed by atoms with Crippen LogP contribution in [0, 0.1) is 0 Å². The molecule has 0 radical (unpaired) electrons. The number of rotatable bonds is 6. The second kappa shape index (κ2) is 8.76. The molecule has 0 unspecified atom stereocenters. The molecule has 0 aliphatic carbocycles. The summed E-state index contributed by atoms with van der Waals surface area (Å²) in [5.41, 5.74) is 2.78. The first-order valence-corrected chi connectivity index (χ1v) is 10.2. The fraction of sp³-hybridized carbons (Fsp3) is 0.174. The number of benzene rings is 2. The van der Waals surface area contributed by atoms with Gasteiger partial charge < -0.3 is 15.2 Å². The van der Waals surface area contributed by atoms with E-state index in [4.69, 9.17) is 16.3 Å². The van der Waals surface area contributed by atoms with E-state index in [2.05, 4.69) is 10.3 Å². The predicted octanol–water partition coefficient (Wildman–Crippen LogP) is 3.09. The maximum absolute atomic E-state index is 12.8. The Morgan fingerprint density at radius 1 is 1.19 bits per heavy atom. The Hall–Kier alpha value is -3.78. The summed E-state index contributed by atoms with van der Waals surface area (Å²) in [6.45, 7) is 0.105. The molecule has 0 saturated heterocycles. The van der Waals surface area contributed by atoms with Gasteiger partial charge in [0.1, 0.15) is 18.0 Å². The number of para-hydroxylation sites is 1. The lowest BCUT2D eigenvalue weighted by molar-refractivity contribution is -0.121. The molecular formula is C23H21ClN4O4. The van der Waals surface area contributed by atoms with Crippen molar-refractivity contribution in [2.75, 3.05) is 7.11 Å². The van der Waals surface area contributed by atoms with Gasteiger partial charge in [-0.2, -0.15) is 0 Å². The number of phenolic OH excluding ortho intramolecular Hbond substituents is 1. The number of pyridine rings is 1. The number of carbonyl (C=O) groups is 1. The third kappa shape index (κ3) is 4.17. The number of fused-ring (bicyclic) bond motifs is 1. The number of aryl methyl sites for hydroxylation is 1. The number of nitrogens with one attached hydrogen (secondary N) is 1. The number of carbonyl (C=O) groups excluding carboxylic acids is 1. The number of hydrogen-bond acceptors (Lipinski definition) is 5. The van der Waals surface area contributed by atoms with E-state index < -0.39 is 0 Å². The Balaban J connectivity index is 1.60. The molecule has 2 N–H and O–H groups in total. The van der Waals surface area contributed by atoms with E-state index in [0.717, 1.165) is 5.56 Å². The van der Waals surface area contributed by atoms with E-state index in [1.165, 1.54) is 15.2 Å². The van der Waals surface area contributed by atoms with Crippen LogP contribution in [0.25, 0.3) is 22.3 Å². The van der Waals surface area contributed by atoms with Gasteiger partial charge in [-0.3, -0.25) is 13.9 Å². The zero-order valence-electron chi connectivity index (χ0n) is 17.5. The van der Waals surface area contributed by atoms with Crippen LogP contribution in [0.3, 0.4) is 0 Å². The number of ether oxygens (including phenoxy) is 1. The van der Waals surface area contributed by atoms with Gasteiger partial charge >= 0.3 is 5.69 Å². The quantitative estimate of drug-likeness (QED) is 0.468. The Bertz CT molecular complexity index is 1360. The number of methoxy groups -OCH3 is 1. The molecule has 0 aliphatic heterocycles. The lowest BCUT2D eigenvalue weighted by atomic mass is 10.1. The normalized spacial score (nSPS) is 11.0. The van der Waals surface area contributed by atoms with E-state index in [9.17, 15) is 14.7 Å². The Morgan fingerprint density at radius 2 is 1.97 bits per heavy atom. The second-order valence-corrected chi connectivity index (χ2v) is 7.72. The summed E-state index contributed by atoms with van der Waals surface area (Å²) in [6, 6.07) is 13.9. The van der Waals surface area contributed by atoms with Crippen molar-refractivity contribution in [1.29, 1.82) is 0 Å². The van der Waals surface area contributed by atoms with Crippen molar-refractivity contribution in [2.24, 2.45) is 7.05 Å². The largest absolute Gasteiger partial charge is 0.508 e. The number of aromatic hydroxyl groups is 1. The van der Waals surface area contributed by atoms with Crippen molar-refractivity contribution >= 4 is 28.7 Å². The Morgan fingerprint density at radius 3 is 2.72 bits per heavy atom. The minimum absolute atomic E-state index is 0.0331. The van der Waals surface area contributed by atoms with Crippen molar-refractivity contribution in [3.05, 3.63) is 75.8 Å². The van der Waals surface area contributed by atoms with E-state index in [1.54, 1.807) is 38.6 Å². The number of imidazole rings is 1. The van der Waals surface area contributed by atoms with Gasteiger partial charge in [-0.05, 0) is 35.9 Å². The van der Waals surface area contributed by atoms with Gasteiger partial charge in [0.2, 0.25) is 5.91 Å². The monoisotopic (exact) mass is 452 g/mol. The molecular weight excluding hydrogens is 432 g/mol. The summed E-state index contributed by atoms with van der Waals surface area (Å²) in [5, 5.41) is 13.0. The standard InChI is InChI=1S/C23H21ClN4O4/c1-27-19-9-16(15-7-17(24)10-18(29)8-15)12-26-22(19)28(23(27)31)13-21(30)25-11-14-5-3-4-6-20(14)32-2/h3-10,12,29H,11,13H2,1-2H3,(H,25,30). The van der Waals surface area contributed by atoms with Crippen LogP contribution < -0.4 is 15.7 Å². The molecule has 2 aromatic carbocycles. The zero-order valence-corrected chi connectivity index (χ0v) is 18.3. The average molecular weight is 453 g/mol. The number of phenols is 1.